The van der Waals surface area contributed by atoms with Crippen molar-refractivity contribution >= 4 is 93.3 Å². The van der Waals surface area contributed by atoms with Crippen molar-refractivity contribution in [1.29, 1.82) is 0 Å². The Morgan fingerprint density at radius 3 is 1.72 bits per heavy atom. The largest absolute Gasteiger partial charge is 0.456 e. The lowest BCUT2D eigenvalue weighted by molar-refractivity contribution is 0.669. The fourth-order valence-corrected chi connectivity index (χ4v) is 9.10. The number of benzene rings is 10. The summed E-state index contributed by atoms with van der Waals surface area (Å²) < 4.78 is 13.2. The molecule has 3 heteroatoms. The van der Waals surface area contributed by atoms with Crippen LogP contribution >= 0.6 is 0 Å². The number of furan rings is 2. The molecule has 10 aromatic carbocycles. The minimum Gasteiger partial charge on any atom is -0.456 e. The number of anilines is 3. The van der Waals surface area contributed by atoms with Gasteiger partial charge in [0.05, 0.1) is 11.4 Å². The van der Waals surface area contributed by atoms with E-state index in [1.165, 1.54) is 38.1 Å². The first-order valence-electron chi connectivity index (χ1n) is 19.4. The molecule has 12 aromatic rings. The number of fused-ring (bicyclic) bond motifs is 10. The molecule has 57 heavy (non-hydrogen) atoms. The zero-order valence-electron chi connectivity index (χ0n) is 30.8. The highest BCUT2D eigenvalue weighted by atomic mass is 16.3. The molecule has 0 aliphatic heterocycles. The zero-order chi connectivity index (χ0) is 37.5. The highest BCUT2D eigenvalue weighted by Crippen LogP contribution is 2.52. The number of hydrogen-bond acceptors (Lipinski definition) is 3. The lowest BCUT2D eigenvalue weighted by Gasteiger charge is -2.31. The molecule has 0 fully saturated rings. The van der Waals surface area contributed by atoms with E-state index in [0.717, 1.165) is 77.5 Å². The Balaban J connectivity index is 1.21. The maximum Gasteiger partial charge on any atom is 0.159 e. The second-order valence-corrected chi connectivity index (χ2v) is 14.8. The van der Waals surface area contributed by atoms with Crippen LogP contribution in [0, 0.1) is 0 Å². The van der Waals surface area contributed by atoms with Crippen LogP contribution in [0.4, 0.5) is 17.1 Å². The molecule has 0 atom stereocenters. The molecule has 0 saturated heterocycles. The SMILES string of the molecule is c1cc(-c2ccc3c(c2)oc2ccccc23)cc(N(c2c(-c3cccc4ccccc34)c3ccccc3c3ccccc23)c2cccc3c2oc2ccccc23)c1. The van der Waals surface area contributed by atoms with Crippen LogP contribution in [0.25, 0.3) is 98.4 Å². The summed E-state index contributed by atoms with van der Waals surface area (Å²) in [6.45, 7) is 0. The minimum absolute atomic E-state index is 0.842. The van der Waals surface area contributed by atoms with E-state index >= 15 is 0 Å². The predicted molar refractivity (Wildman–Crippen MR) is 239 cm³/mol. The van der Waals surface area contributed by atoms with Crippen molar-refractivity contribution in [1.82, 2.24) is 0 Å². The molecule has 0 amide bonds. The first-order chi connectivity index (χ1) is 28.3. The third-order valence-corrected chi connectivity index (χ3v) is 11.6. The fraction of sp³-hybridized carbons (Fsp3) is 0. The van der Waals surface area contributed by atoms with Crippen molar-refractivity contribution in [3.63, 3.8) is 0 Å². The van der Waals surface area contributed by atoms with Crippen molar-refractivity contribution in [2.75, 3.05) is 4.90 Å². The van der Waals surface area contributed by atoms with Crippen molar-refractivity contribution in [2.24, 2.45) is 0 Å². The summed E-state index contributed by atoms with van der Waals surface area (Å²) in [5.74, 6) is 0. The Morgan fingerprint density at radius 1 is 0.333 bits per heavy atom. The maximum atomic E-state index is 6.86. The normalized spacial score (nSPS) is 11.9. The van der Waals surface area contributed by atoms with Gasteiger partial charge in [0.15, 0.2) is 5.58 Å². The van der Waals surface area contributed by atoms with Crippen LogP contribution in [-0.2, 0) is 0 Å². The van der Waals surface area contributed by atoms with Gasteiger partial charge in [0.25, 0.3) is 0 Å². The topological polar surface area (TPSA) is 29.5 Å². The predicted octanol–water partition coefficient (Wildman–Crippen LogP) is 15.7. The van der Waals surface area contributed by atoms with E-state index in [4.69, 9.17) is 8.83 Å². The molecule has 0 aliphatic rings. The summed E-state index contributed by atoms with van der Waals surface area (Å²) in [5.41, 5.74) is 11.1. The van der Waals surface area contributed by atoms with Crippen LogP contribution in [0.5, 0.6) is 0 Å². The van der Waals surface area contributed by atoms with Crippen LogP contribution in [0.2, 0.25) is 0 Å². The fourth-order valence-electron chi connectivity index (χ4n) is 9.10. The van der Waals surface area contributed by atoms with Crippen LogP contribution in [0.3, 0.4) is 0 Å². The van der Waals surface area contributed by atoms with E-state index in [1.54, 1.807) is 0 Å². The third kappa shape index (κ3) is 4.86. The van der Waals surface area contributed by atoms with Gasteiger partial charge in [-0.2, -0.15) is 0 Å². The number of rotatable bonds is 5. The number of para-hydroxylation sites is 3. The summed E-state index contributed by atoms with van der Waals surface area (Å²) in [5, 5.41) is 11.6. The lowest BCUT2D eigenvalue weighted by Crippen LogP contribution is -2.13. The molecule has 0 bridgehead atoms. The van der Waals surface area contributed by atoms with Gasteiger partial charge in [-0.05, 0) is 86.1 Å². The van der Waals surface area contributed by atoms with Crippen molar-refractivity contribution in [3.8, 4) is 22.3 Å². The van der Waals surface area contributed by atoms with Gasteiger partial charge in [-0.15, -0.1) is 0 Å². The van der Waals surface area contributed by atoms with Gasteiger partial charge < -0.3 is 13.7 Å². The van der Waals surface area contributed by atoms with Crippen molar-refractivity contribution in [3.05, 3.63) is 200 Å². The molecule has 0 aliphatic carbocycles. The molecule has 3 nitrogen and oxygen atoms in total. The Kier molecular flexibility index (Phi) is 6.93. The average Bonchev–Trinajstić information content (AvgIpc) is 3.85. The van der Waals surface area contributed by atoms with Crippen LogP contribution in [-0.4, -0.2) is 0 Å². The summed E-state index contributed by atoms with van der Waals surface area (Å²) in [6, 6.07) is 71.6. The molecule has 0 saturated carbocycles. The molecule has 2 heterocycles. The second kappa shape index (κ2) is 12.5. The van der Waals surface area contributed by atoms with Crippen LogP contribution in [0.15, 0.2) is 209 Å². The third-order valence-electron chi connectivity index (χ3n) is 11.6. The summed E-state index contributed by atoms with van der Waals surface area (Å²) in [4.78, 5) is 2.44. The minimum atomic E-state index is 0.842. The van der Waals surface area contributed by atoms with E-state index < -0.39 is 0 Å². The quantitative estimate of drug-likeness (QED) is 0.165. The molecule has 0 spiro atoms. The Morgan fingerprint density at radius 2 is 0.895 bits per heavy atom. The van der Waals surface area contributed by atoms with Gasteiger partial charge in [0.2, 0.25) is 0 Å². The summed E-state index contributed by atoms with van der Waals surface area (Å²) in [6.07, 6.45) is 0. The van der Waals surface area contributed by atoms with Crippen molar-refractivity contribution < 1.29 is 8.83 Å². The molecule has 0 radical (unpaired) electrons. The Labute approximate surface area is 328 Å². The smallest absolute Gasteiger partial charge is 0.159 e. The monoisotopic (exact) mass is 727 g/mol. The van der Waals surface area contributed by atoms with E-state index in [0.29, 0.717) is 0 Å². The van der Waals surface area contributed by atoms with E-state index in [-0.39, 0.29) is 0 Å². The number of hydrogen-bond donors (Lipinski definition) is 0. The molecule has 12 rings (SSSR count). The Hall–Kier alpha value is -7.62. The second-order valence-electron chi connectivity index (χ2n) is 14.8. The van der Waals surface area contributed by atoms with Gasteiger partial charge in [0, 0.05) is 38.2 Å². The van der Waals surface area contributed by atoms with Gasteiger partial charge in [0.1, 0.15) is 16.7 Å². The molecule has 2 aromatic heterocycles. The first kappa shape index (κ1) is 31.7. The molecule has 0 N–H and O–H groups in total. The number of nitrogens with zero attached hydrogens (tertiary/aromatic N) is 1. The van der Waals surface area contributed by atoms with Crippen LogP contribution < -0.4 is 4.90 Å². The standard InChI is InChI=1S/C54H33NO2/c1-2-18-38-34(14-1)15-12-25-44(38)52-45-23-5-3-19-39(45)40-20-4-6-24-46(40)53(52)55(48-27-13-26-47-42-22-8-10-29-50(42)57-54(47)48)37-17-11-16-35(32-37)36-30-31-43-41-21-7-9-28-49(41)56-51(43)33-36/h1-33H. The molecule has 0 unspecified atom stereocenters. The van der Waals surface area contributed by atoms with Gasteiger partial charge in [-0.25, -0.2) is 0 Å². The maximum absolute atomic E-state index is 6.86. The average molecular weight is 728 g/mol. The molecular weight excluding hydrogens is 695 g/mol. The van der Waals surface area contributed by atoms with Crippen molar-refractivity contribution in [2.45, 2.75) is 0 Å². The molecular formula is C54H33NO2. The highest BCUT2D eigenvalue weighted by Gasteiger charge is 2.27. The van der Waals surface area contributed by atoms with Gasteiger partial charge >= 0.3 is 0 Å². The highest BCUT2D eigenvalue weighted by molar-refractivity contribution is 6.25. The first-order valence-corrected chi connectivity index (χ1v) is 19.4. The zero-order valence-corrected chi connectivity index (χ0v) is 30.8. The van der Waals surface area contributed by atoms with E-state index in [2.05, 4.69) is 187 Å². The Bertz CT molecular complexity index is 3550. The van der Waals surface area contributed by atoms with E-state index in [9.17, 15) is 0 Å². The summed E-state index contributed by atoms with van der Waals surface area (Å²) >= 11 is 0. The lowest BCUT2D eigenvalue weighted by atomic mass is 9.88. The van der Waals surface area contributed by atoms with Crippen LogP contribution in [0.1, 0.15) is 0 Å². The van der Waals surface area contributed by atoms with E-state index in [1.807, 2.05) is 18.2 Å². The summed E-state index contributed by atoms with van der Waals surface area (Å²) in [7, 11) is 0. The van der Waals surface area contributed by atoms with Gasteiger partial charge in [-0.1, -0.05) is 158 Å². The van der Waals surface area contributed by atoms with Gasteiger partial charge in [-0.3, -0.25) is 0 Å². The molecule has 266 valence electrons.